The Morgan fingerprint density at radius 3 is 0.322 bits per heavy atom. The number of sulfone groups is 5. The lowest BCUT2D eigenvalue weighted by Crippen LogP contribution is -2.02. The van der Waals surface area contributed by atoms with Crippen LogP contribution in [0.1, 0.15) is 33.4 Å². The van der Waals surface area contributed by atoms with Gasteiger partial charge < -0.3 is 0 Å². The van der Waals surface area contributed by atoms with E-state index < -0.39 is 49.2 Å². The van der Waals surface area contributed by atoms with Crippen molar-refractivity contribution in [1.82, 2.24) is 0 Å². The van der Waals surface area contributed by atoms with Crippen LogP contribution < -0.4 is 0 Å². The Bertz CT molecular complexity index is 4480. The molecule has 0 spiro atoms. The summed E-state index contributed by atoms with van der Waals surface area (Å²) in [6.45, 7) is 11.5. The summed E-state index contributed by atoms with van der Waals surface area (Å²) in [5.41, 5.74) is 11.4. The first kappa shape index (κ1) is 62.7. The molecule has 0 saturated heterocycles. The maximum absolute atomic E-state index is 12.9. The van der Waals surface area contributed by atoms with Crippen molar-refractivity contribution < 1.29 is 42.1 Å². The minimum atomic E-state index is -3.59. The molecule has 440 valence electrons. The lowest BCUT2D eigenvalue weighted by Gasteiger charge is -2.09. The summed E-state index contributed by atoms with van der Waals surface area (Å²) in [5.74, 6) is 0. The zero-order chi connectivity index (χ0) is 62.3. The highest BCUT2D eigenvalue weighted by Crippen LogP contribution is 2.32. The Balaban J connectivity index is 0.000000166. The molecular weight excluding hydrogens is 1190 g/mol. The standard InChI is InChI=1S/C32H26O4S2.C26H22O4S2.C14H14O2S/c1-23-3-15-29(16-4-23)37(33,34)31-19-11-27(12-20-31)25-7-9-26(10-8-25)28-13-21-32(22-14-28)38(35,36)30-17-5-24(2)6-18-30;1-19-3-11-23(12-4-19)31(27,28)25-15-7-21(8-16-25)22-9-17-26(18-10-22)32(29,30)24-13-5-20(2)6-14-24;1-11-3-7-13(8-4-11)17(15,16)14-9-5-12(2)6-10-14/h3-22H,1-2H3;3-18H,1-2H3;3-10H,1-2H3. The van der Waals surface area contributed by atoms with Crippen LogP contribution in [-0.2, 0) is 49.2 Å². The molecule has 0 atom stereocenters. The van der Waals surface area contributed by atoms with Crippen LogP contribution in [0.5, 0.6) is 0 Å². The molecule has 0 saturated carbocycles. The van der Waals surface area contributed by atoms with E-state index in [0.717, 1.165) is 66.8 Å². The maximum atomic E-state index is 12.9. The molecule has 10 nitrogen and oxygen atoms in total. The fourth-order valence-electron chi connectivity index (χ4n) is 9.15. The third-order valence-corrected chi connectivity index (χ3v) is 23.5. The van der Waals surface area contributed by atoms with E-state index in [4.69, 9.17) is 0 Å². The minimum Gasteiger partial charge on any atom is -0.219 e. The second-order valence-electron chi connectivity index (χ2n) is 21.1. The van der Waals surface area contributed by atoms with Gasteiger partial charge in [0.05, 0.1) is 49.0 Å². The molecule has 11 aromatic rings. The van der Waals surface area contributed by atoms with Crippen molar-refractivity contribution in [3.05, 3.63) is 300 Å². The first-order chi connectivity index (χ1) is 41.3. The van der Waals surface area contributed by atoms with E-state index in [0.29, 0.717) is 9.79 Å². The van der Waals surface area contributed by atoms with Gasteiger partial charge in [-0.1, -0.05) is 179 Å². The molecule has 0 N–H and O–H groups in total. The maximum Gasteiger partial charge on any atom is 0.206 e. The van der Waals surface area contributed by atoms with Crippen LogP contribution >= 0.6 is 0 Å². The molecule has 11 rings (SSSR count). The Labute approximate surface area is 511 Å². The molecule has 87 heavy (non-hydrogen) atoms. The first-order valence-electron chi connectivity index (χ1n) is 27.5. The van der Waals surface area contributed by atoms with Crippen LogP contribution in [0.3, 0.4) is 0 Å². The number of hydrogen-bond acceptors (Lipinski definition) is 10. The van der Waals surface area contributed by atoms with Crippen LogP contribution in [0, 0.1) is 41.5 Å². The summed E-state index contributed by atoms with van der Waals surface area (Å²) in [6.07, 6.45) is 0. The van der Waals surface area contributed by atoms with Crippen molar-refractivity contribution in [2.45, 2.75) is 90.5 Å². The Hall–Kier alpha value is -8.83. The smallest absolute Gasteiger partial charge is 0.206 e. The van der Waals surface area contributed by atoms with Gasteiger partial charge in [0, 0.05) is 0 Å². The molecule has 0 aromatic heterocycles. The topological polar surface area (TPSA) is 171 Å². The van der Waals surface area contributed by atoms with Crippen molar-refractivity contribution >= 4 is 49.2 Å². The molecule has 0 radical (unpaired) electrons. The van der Waals surface area contributed by atoms with Crippen molar-refractivity contribution in [3.8, 4) is 33.4 Å². The summed E-state index contributed by atoms with van der Waals surface area (Å²) < 4.78 is 128. The zero-order valence-corrected chi connectivity index (χ0v) is 52.6. The molecule has 0 aliphatic rings. The Kier molecular flexibility index (Phi) is 18.8. The SMILES string of the molecule is Cc1ccc(S(=O)(=O)c2ccc(-c3ccc(-c4ccc(S(=O)(=O)c5ccc(C)cc5)cc4)cc3)cc2)cc1.Cc1ccc(S(=O)(=O)c2ccc(-c3ccc(S(=O)(=O)c4ccc(C)cc4)cc3)cc2)cc1.Cc1ccc(S(=O)(=O)c2ccc(C)cc2)cc1. The largest absolute Gasteiger partial charge is 0.219 e. The highest BCUT2D eigenvalue weighted by molar-refractivity contribution is 7.92. The lowest BCUT2D eigenvalue weighted by atomic mass is 10.0. The summed E-state index contributed by atoms with van der Waals surface area (Å²) in [7, 11) is -17.7. The first-order valence-corrected chi connectivity index (χ1v) is 34.9. The van der Waals surface area contributed by atoms with E-state index in [1.54, 1.807) is 243 Å². The summed E-state index contributed by atoms with van der Waals surface area (Å²) >= 11 is 0. The zero-order valence-electron chi connectivity index (χ0n) is 48.5. The van der Waals surface area contributed by atoms with Crippen molar-refractivity contribution in [3.63, 3.8) is 0 Å². The van der Waals surface area contributed by atoms with E-state index in [1.165, 1.54) is 0 Å². The summed E-state index contributed by atoms with van der Waals surface area (Å²) in [6, 6.07) is 75.8. The van der Waals surface area contributed by atoms with Gasteiger partial charge in [-0.2, -0.15) is 0 Å². The number of aryl methyl sites for hydroxylation is 6. The number of rotatable bonds is 13. The minimum absolute atomic E-state index is 0.212. The van der Waals surface area contributed by atoms with Crippen LogP contribution in [-0.4, -0.2) is 42.1 Å². The second kappa shape index (κ2) is 26.0. The molecule has 15 heteroatoms. The van der Waals surface area contributed by atoms with E-state index in [9.17, 15) is 42.1 Å². The van der Waals surface area contributed by atoms with Crippen LogP contribution in [0.15, 0.2) is 316 Å². The Morgan fingerprint density at radius 2 is 0.218 bits per heavy atom. The summed E-state index contributed by atoms with van der Waals surface area (Å²) in [5, 5.41) is 0. The molecule has 0 amide bonds. The molecule has 0 aliphatic heterocycles. The monoisotopic (exact) mass is 1250 g/mol. The molecule has 0 bridgehead atoms. The lowest BCUT2D eigenvalue weighted by molar-refractivity contribution is 0.594. The highest BCUT2D eigenvalue weighted by Gasteiger charge is 2.22. The average molecular weight is 1250 g/mol. The van der Waals surface area contributed by atoms with E-state index in [-0.39, 0.29) is 39.2 Å². The van der Waals surface area contributed by atoms with Crippen LogP contribution in [0.2, 0.25) is 0 Å². The number of hydrogen-bond donors (Lipinski definition) is 0. The third-order valence-electron chi connectivity index (χ3n) is 14.5. The van der Waals surface area contributed by atoms with E-state index in [2.05, 4.69) is 0 Å². The van der Waals surface area contributed by atoms with Gasteiger partial charge in [0.1, 0.15) is 0 Å². The molecule has 0 unspecified atom stereocenters. The van der Waals surface area contributed by atoms with E-state index >= 15 is 0 Å². The second-order valence-corrected chi connectivity index (χ2v) is 30.8. The van der Waals surface area contributed by atoms with Gasteiger partial charge in [0.15, 0.2) is 0 Å². The van der Waals surface area contributed by atoms with Gasteiger partial charge in [-0.25, -0.2) is 42.1 Å². The summed E-state index contributed by atoms with van der Waals surface area (Å²) in [4.78, 5) is 2.66. The molecule has 11 aromatic carbocycles. The molecule has 0 fully saturated rings. The van der Waals surface area contributed by atoms with Gasteiger partial charge in [0.25, 0.3) is 0 Å². The molecule has 0 aliphatic carbocycles. The average Bonchev–Trinajstić information content (AvgIpc) is 1.51. The Morgan fingerprint density at radius 1 is 0.138 bits per heavy atom. The van der Waals surface area contributed by atoms with Crippen LogP contribution in [0.25, 0.3) is 33.4 Å². The predicted octanol–water partition coefficient (Wildman–Crippen LogP) is 16.1. The number of benzene rings is 11. The van der Waals surface area contributed by atoms with Crippen LogP contribution in [0.4, 0.5) is 0 Å². The quantitative estimate of drug-likeness (QED) is 0.108. The van der Waals surface area contributed by atoms with Gasteiger partial charge in [-0.15, -0.1) is 0 Å². The van der Waals surface area contributed by atoms with Gasteiger partial charge in [-0.05, 0) is 196 Å². The fourth-order valence-corrected chi connectivity index (χ4v) is 15.5. The van der Waals surface area contributed by atoms with E-state index in [1.807, 2.05) is 65.8 Å². The predicted molar refractivity (Wildman–Crippen MR) is 344 cm³/mol. The molecule has 0 heterocycles. The van der Waals surface area contributed by atoms with Gasteiger partial charge in [-0.3, -0.25) is 0 Å². The van der Waals surface area contributed by atoms with Crippen molar-refractivity contribution in [2.24, 2.45) is 0 Å². The normalized spacial score (nSPS) is 11.8. The highest BCUT2D eigenvalue weighted by atomic mass is 32.2. The fraction of sp³-hybridized carbons (Fsp3) is 0.0833. The van der Waals surface area contributed by atoms with Crippen molar-refractivity contribution in [2.75, 3.05) is 0 Å². The molecular formula is C72H62O10S5. The van der Waals surface area contributed by atoms with Crippen molar-refractivity contribution in [1.29, 1.82) is 0 Å². The third kappa shape index (κ3) is 14.5. The van der Waals surface area contributed by atoms with Gasteiger partial charge in [0.2, 0.25) is 49.2 Å². The van der Waals surface area contributed by atoms with Gasteiger partial charge >= 0.3 is 0 Å².